The van der Waals surface area contributed by atoms with Gasteiger partial charge in [-0.15, -0.1) is 0 Å². The van der Waals surface area contributed by atoms with Gasteiger partial charge in [-0.1, -0.05) is 36.6 Å². The average Bonchev–Trinajstić information content (AvgIpc) is 3.53. The molecule has 0 unspecified atom stereocenters. The normalized spacial score (nSPS) is 20.3. The maximum absolute atomic E-state index is 13.9. The molecule has 1 aliphatic carbocycles. The smallest absolute Gasteiger partial charge is 0.247 e. The Hall–Kier alpha value is -2.93. The van der Waals surface area contributed by atoms with Crippen LogP contribution in [0.1, 0.15) is 44.1 Å². The van der Waals surface area contributed by atoms with Crippen LogP contribution in [-0.2, 0) is 15.0 Å². The lowest BCUT2D eigenvalue weighted by atomic mass is 9.77. The number of aromatic nitrogens is 3. The van der Waals surface area contributed by atoms with E-state index < -0.39 is 11.5 Å². The van der Waals surface area contributed by atoms with E-state index >= 15 is 0 Å². The number of anilines is 1. The topological polar surface area (TPSA) is 91.0 Å². The fourth-order valence-corrected chi connectivity index (χ4v) is 5.28. The third-order valence-corrected chi connectivity index (χ3v) is 6.88. The maximum Gasteiger partial charge on any atom is 0.247 e. The van der Waals surface area contributed by atoms with Gasteiger partial charge in [0, 0.05) is 17.3 Å². The number of H-pyrrole nitrogens is 1. The predicted molar refractivity (Wildman–Crippen MR) is 119 cm³/mol. The van der Waals surface area contributed by atoms with Gasteiger partial charge in [0.05, 0.1) is 5.41 Å². The van der Waals surface area contributed by atoms with Crippen molar-refractivity contribution in [1.29, 1.82) is 0 Å². The fourth-order valence-electron chi connectivity index (χ4n) is 5.09. The molecule has 2 amide bonds. The first kappa shape index (κ1) is 20.0. The number of carbonyl (C=O) groups excluding carboxylic acids is 2. The molecule has 0 bridgehead atoms. The number of nitrogens with zero attached hydrogens (tertiary/aromatic N) is 3. The van der Waals surface area contributed by atoms with E-state index in [0.29, 0.717) is 29.2 Å². The molecule has 0 radical (unpaired) electrons. The van der Waals surface area contributed by atoms with Crippen molar-refractivity contribution in [2.24, 2.45) is 0 Å². The number of rotatable bonds is 4. The average molecular weight is 438 g/mol. The fraction of sp³-hybridized carbons (Fsp3) is 0.391. The Labute approximate surface area is 185 Å². The van der Waals surface area contributed by atoms with E-state index in [4.69, 9.17) is 11.6 Å². The van der Waals surface area contributed by atoms with Crippen molar-refractivity contribution in [2.45, 2.75) is 50.0 Å². The number of nitrogens with one attached hydrogen (secondary N) is 2. The molecule has 5 rings (SSSR count). The standard InChI is InChI=1S/C23H24ClN5O2/c24-16-6-3-5-15(13-16)23(10-1-2-11-23)22(31)29-12-4-7-20(29)21(30)25-17-8-9-18-19(14-17)27-28-26-18/h3,5-6,8-9,13-14,20H,1-2,4,7,10-12H2,(H,25,30)(H,26,27,28)/t20-/m1/s1. The van der Waals surface area contributed by atoms with Gasteiger partial charge in [0.1, 0.15) is 17.1 Å². The van der Waals surface area contributed by atoms with E-state index in [1.807, 2.05) is 24.3 Å². The highest BCUT2D eigenvalue weighted by Crippen LogP contribution is 2.44. The van der Waals surface area contributed by atoms with E-state index in [0.717, 1.165) is 43.2 Å². The lowest BCUT2D eigenvalue weighted by Gasteiger charge is -2.35. The van der Waals surface area contributed by atoms with E-state index in [1.165, 1.54) is 0 Å². The van der Waals surface area contributed by atoms with Crippen LogP contribution in [-0.4, -0.2) is 44.7 Å². The first-order valence-electron chi connectivity index (χ1n) is 10.8. The number of hydrogen-bond acceptors (Lipinski definition) is 4. The van der Waals surface area contributed by atoms with Gasteiger partial charge in [0.15, 0.2) is 0 Å². The highest BCUT2D eigenvalue weighted by atomic mass is 35.5. The molecule has 0 spiro atoms. The van der Waals surface area contributed by atoms with Gasteiger partial charge in [-0.05, 0) is 61.6 Å². The molecule has 1 atom stereocenters. The molecule has 2 N–H and O–H groups in total. The molecule has 7 nitrogen and oxygen atoms in total. The molecule has 3 aromatic rings. The van der Waals surface area contributed by atoms with Gasteiger partial charge in [-0.2, -0.15) is 15.4 Å². The number of carbonyl (C=O) groups is 2. The molecule has 2 aliphatic rings. The summed E-state index contributed by atoms with van der Waals surface area (Å²) in [4.78, 5) is 28.8. The van der Waals surface area contributed by atoms with Gasteiger partial charge in [0.25, 0.3) is 0 Å². The second-order valence-corrected chi connectivity index (χ2v) is 8.91. The SMILES string of the molecule is O=C(Nc1ccc2n[nH]nc2c1)[C@H]1CCCN1C(=O)C1(c2cccc(Cl)c2)CCCC1. The zero-order valence-corrected chi connectivity index (χ0v) is 17.9. The molecule has 1 aliphatic heterocycles. The van der Waals surface area contributed by atoms with E-state index in [9.17, 15) is 9.59 Å². The zero-order chi connectivity index (χ0) is 21.4. The highest BCUT2D eigenvalue weighted by molar-refractivity contribution is 6.30. The Morgan fingerprint density at radius 1 is 1.06 bits per heavy atom. The van der Waals surface area contributed by atoms with E-state index in [2.05, 4.69) is 20.7 Å². The summed E-state index contributed by atoms with van der Waals surface area (Å²) in [5.74, 6) is -0.107. The Kier molecular flexibility index (Phi) is 5.14. The van der Waals surface area contributed by atoms with Crippen LogP contribution in [0.15, 0.2) is 42.5 Å². The van der Waals surface area contributed by atoms with Crippen molar-refractivity contribution < 1.29 is 9.59 Å². The molecule has 1 saturated carbocycles. The van der Waals surface area contributed by atoms with Crippen molar-refractivity contribution in [2.75, 3.05) is 11.9 Å². The highest BCUT2D eigenvalue weighted by Gasteiger charge is 2.48. The molecule has 2 heterocycles. The second-order valence-electron chi connectivity index (χ2n) is 8.47. The minimum atomic E-state index is -0.590. The minimum Gasteiger partial charge on any atom is -0.330 e. The summed E-state index contributed by atoms with van der Waals surface area (Å²) < 4.78 is 0. The van der Waals surface area contributed by atoms with Gasteiger partial charge >= 0.3 is 0 Å². The van der Waals surface area contributed by atoms with E-state index in [1.54, 1.807) is 23.1 Å². The molecule has 1 saturated heterocycles. The van der Waals surface area contributed by atoms with Crippen molar-refractivity contribution >= 4 is 40.1 Å². The van der Waals surface area contributed by atoms with Crippen molar-refractivity contribution in [3.63, 3.8) is 0 Å². The summed E-state index contributed by atoms with van der Waals surface area (Å²) in [6.07, 6.45) is 5.06. The molecular formula is C23H24ClN5O2. The number of aromatic amines is 1. The number of hydrogen-bond donors (Lipinski definition) is 2. The Morgan fingerprint density at radius 3 is 2.68 bits per heavy atom. The molecule has 31 heavy (non-hydrogen) atoms. The van der Waals surface area contributed by atoms with Gasteiger partial charge in [0.2, 0.25) is 11.8 Å². The molecule has 8 heteroatoms. The second kappa shape index (κ2) is 7.96. The van der Waals surface area contributed by atoms with E-state index in [-0.39, 0.29) is 11.8 Å². The van der Waals surface area contributed by atoms with Crippen molar-refractivity contribution in [3.05, 3.63) is 53.1 Å². The van der Waals surface area contributed by atoms with Crippen LogP contribution in [0.4, 0.5) is 5.69 Å². The lowest BCUT2D eigenvalue weighted by Crippen LogP contribution is -2.51. The Morgan fingerprint density at radius 2 is 1.87 bits per heavy atom. The quantitative estimate of drug-likeness (QED) is 0.644. The molecule has 2 aromatic carbocycles. The minimum absolute atomic E-state index is 0.0527. The summed E-state index contributed by atoms with van der Waals surface area (Å²) in [6, 6.07) is 12.5. The summed E-state index contributed by atoms with van der Waals surface area (Å²) in [6.45, 7) is 0.599. The third kappa shape index (κ3) is 3.57. The Balaban J connectivity index is 1.39. The van der Waals surface area contributed by atoms with Crippen LogP contribution < -0.4 is 5.32 Å². The predicted octanol–water partition coefficient (Wildman–Crippen LogP) is 4.05. The summed E-state index contributed by atoms with van der Waals surface area (Å²) in [5, 5.41) is 14.3. The van der Waals surface area contributed by atoms with Crippen molar-refractivity contribution in [1.82, 2.24) is 20.3 Å². The molecule has 1 aromatic heterocycles. The zero-order valence-electron chi connectivity index (χ0n) is 17.1. The van der Waals surface area contributed by atoms with Crippen LogP contribution in [0, 0.1) is 0 Å². The third-order valence-electron chi connectivity index (χ3n) is 6.64. The van der Waals surface area contributed by atoms with Crippen LogP contribution in [0.3, 0.4) is 0 Å². The molecule has 2 fully saturated rings. The van der Waals surface area contributed by atoms with Crippen LogP contribution >= 0.6 is 11.6 Å². The van der Waals surface area contributed by atoms with Crippen LogP contribution in [0.2, 0.25) is 5.02 Å². The van der Waals surface area contributed by atoms with Crippen molar-refractivity contribution in [3.8, 4) is 0 Å². The monoisotopic (exact) mass is 437 g/mol. The number of halogens is 1. The van der Waals surface area contributed by atoms with Gasteiger partial charge in [-0.3, -0.25) is 9.59 Å². The number of fused-ring (bicyclic) bond motifs is 1. The summed E-state index contributed by atoms with van der Waals surface area (Å²) >= 11 is 6.25. The number of likely N-dealkylation sites (tertiary alicyclic amines) is 1. The summed E-state index contributed by atoms with van der Waals surface area (Å²) in [7, 11) is 0. The summed E-state index contributed by atoms with van der Waals surface area (Å²) in [5.41, 5.74) is 2.44. The number of benzene rings is 2. The Bertz CT molecular complexity index is 1140. The largest absolute Gasteiger partial charge is 0.330 e. The number of amides is 2. The van der Waals surface area contributed by atoms with Crippen LogP contribution in [0.5, 0.6) is 0 Å². The van der Waals surface area contributed by atoms with Gasteiger partial charge < -0.3 is 10.2 Å². The maximum atomic E-state index is 13.9. The first-order chi connectivity index (χ1) is 15.1. The van der Waals surface area contributed by atoms with Gasteiger partial charge in [-0.25, -0.2) is 0 Å². The molecular weight excluding hydrogens is 414 g/mol. The first-order valence-corrected chi connectivity index (χ1v) is 11.1. The molecule has 160 valence electrons. The lowest BCUT2D eigenvalue weighted by molar-refractivity contribution is -0.141. The van der Waals surface area contributed by atoms with Crippen LogP contribution in [0.25, 0.3) is 11.0 Å².